The zero-order valence-corrected chi connectivity index (χ0v) is 13.3. The number of aromatic nitrogens is 2. The Morgan fingerprint density at radius 1 is 1.41 bits per heavy atom. The van der Waals surface area contributed by atoms with Gasteiger partial charge in [-0.3, -0.25) is 4.68 Å². The fourth-order valence-corrected chi connectivity index (χ4v) is 2.96. The number of hydrogen-bond donors (Lipinski definition) is 0. The molecule has 0 aliphatic heterocycles. The second-order valence-corrected chi connectivity index (χ2v) is 6.61. The van der Waals surface area contributed by atoms with Gasteiger partial charge in [-0.1, -0.05) is 43.6 Å². The van der Waals surface area contributed by atoms with E-state index < -0.39 is 0 Å². The van der Waals surface area contributed by atoms with Crippen LogP contribution in [-0.4, -0.2) is 15.1 Å². The first-order chi connectivity index (χ1) is 7.88. The topological polar surface area (TPSA) is 17.8 Å². The fraction of sp³-hybridized carbons (Fsp3) is 0.786. The molecule has 0 aromatic carbocycles. The van der Waals surface area contributed by atoms with Gasteiger partial charge >= 0.3 is 0 Å². The Hall–Kier alpha value is -0.310. The molecule has 1 aromatic heterocycles. The van der Waals surface area contributed by atoms with Gasteiger partial charge in [0.1, 0.15) is 0 Å². The molecule has 0 amide bonds. The van der Waals surface area contributed by atoms with Gasteiger partial charge in [0, 0.05) is 17.6 Å². The van der Waals surface area contributed by atoms with Crippen molar-refractivity contribution in [1.82, 2.24) is 9.78 Å². The quantitative estimate of drug-likeness (QED) is 0.734. The molecule has 0 aliphatic rings. The highest BCUT2D eigenvalue weighted by atomic mass is 79.9. The van der Waals surface area contributed by atoms with Crippen molar-refractivity contribution >= 4 is 15.9 Å². The third-order valence-electron chi connectivity index (χ3n) is 3.57. The van der Waals surface area contributed by atoms with Gasteiger partial charge in [0.15, 0.2) is 0 Å². The molecule has 1 heterocycles. The summed E-state index contributed by atoms with van der Waals surface area (Å²) in [5, 5.41) is 5.71. The monoisotopic (exact) mass is 300 g/mol. The lowest BCUT2D eigenvalue weighted by Crippen LogP contribution is -2.24. The Labute approximate surface area is 114 Å². The Balaban J connectivity index is 2.71. The van der Waals surface area contributed by atoms with Crippen LogP contribution in [0.25, 0.3) is 0 Å². The highest BCUT2D eigenvalue weighted by Gasteiger charge is 2.24. The molecule has 0 aliphatic carbocycles. The number of rotatable bonds is 5. The van der Waals surface area contributed by atoms with Crippen molar-refractivity contribution in [2.45, 2.75) is 53.5 Å². The predicted molar refractivity (Wildman–Crippen MR) is 77.7 cm³/mol. The molecule has 0 bridgehead atoms. The summed E-state index contributed by atoms with van der Waals surface area (Å²) in [6.07, 6.45) is 4.29. The zero-order valence-electron chi connectivity index (χ0n) is 11.7. The summed E-state index contributed by atoms with van der Waals surface area (Å²) in [6.45, 7) is 11.3. The van der Waals surface area contributed by atoms with Crippen molar-refractivity contribution in [1.29, 1.82) is 0 Å². The van der Waals surface area contributed by atoms with Crippen molar-refractivity contribution in [2.75, 3.05) is 5.33 Å². The van der Waals surface area contributed by atoms with E-state index in [1.54, 1.807) is 0 Å². The SMILES string of the molecule is CCC(C)n1ccc(CC(CBr)C(C)(C)C)n1. The maximum Gasteiger partial charge on any atom is 0.0628 e. The minimum absolute atomic E-state index is 0.323. The molecule has 1 rings (SSSR count). The first-order valence-electron chi connectivity index (χ1n) is 6.48. The summed E-state index contributed by atoms with van der Waals surface area (Å²) in [5.74, 6) is 0.628. The highest BCUT2D eigenvalue weighted by molar-refractivity contribution is 9.09. The van der Waals surface area contributed by atoms with Gasteiger partial charge in [-0.15, -0.1) is 0 Å². The highest BCUT2D eigenvalue weighted by Crippen LogP contribution is 2.30. The lowest BCUT2D eigenvalue weighted by molar-refractivity contribution is 0.264. The smallest absolute Gasteiger partial charge is 0.0628 e. The summed E-state index contributed by atoms with van der Waals surface area (Å²) < 4.78 is 2.09. The lowest BCUT2D eigenvalue weighted by atomic mass is 9.79. The maximum atomic E-state index is 4.68. The van der Waals surface area contributed by atoms with E-state index in [0.29, 0.717) is 17.4 Å². The van der Waals surface area contributed by atoms with Crippen LogP contribution in [-0.2, 0) is 6.42 Å². The number of hydrogen-bond acceptors (Lipinski definition) is 1. The average Bonchev–Trinajstić information content (AvgIpc) is 2.71. The molecule has 0 N–H and O–H groups in total. The van der Waals surface area contributed by atoms with Crippen molar-refractivity contribution in [3.8, 4) is 0 Å². The first-order valence-corrected chi connectivity index (χ1v) is 7.60. The Morgan fingerprint density at radius 3 is 2.53 bits per heavy atom. The standard InChI is InChI=1S/C14H25BrN2/c1-6-11(2)17-8-7-13(16-17)9-12(10-15)14(3,4)5/h7-8,11-12H,6,9-10H2,1-5H3. The van der Waals surface area contributed by atoms with E-state index in [1.165, 1.54) is 5.69 Å². The van der Waals surface area contributed by atoms with Crippen molar-refractivity contribution in [2.24, 2.45) is 11.3 Å². The van der Waals surface area contributed by atoms with E-state index in [1.807, 2.05) is 0 Å². The first kappa shape index (κ1) is 14.7. The number of halogens is 1. The summed E-state index contributed by atoms with van der Waals surface area (Å²) >= 11 is 3.62. The van der Waals surface area contributed by atoms with Gasteiger partial charge in [0.05, 0.1) is 5.69 Å². The largest absolute Gasteiger partial charge is 0.270 e. The Kier molecular flexibility index (Phi) is 5.23. The van der Waals surface area contributed by atoms with Gasteiger partial charge in [-0.05, 0) is 37.2 Å². The molecule has 0 saturated heterocycles. The summed E-state index contributed by atoms with van der Waals surface area (Å²) in [6, 6.07) is 2.66. The van der Waals surface area contributed by atoms with Gasteiger partial charge in [0.2, 0.25) is 0 Å². The predicted octanol–water partition coefficient (Wildman–Crippen LogP) is 4.45. The normalized spacial score (nSPS) is 15.9. The summed E-state index contributed by atoms with van der Waals surface area (Å²) in [7, 11) is 0. The van der Waals surface area contributed by atoms with Crippen LogP contribution in [0, 0.1) is 11.3 Å². The molecule has 2 nitrogen and oxygen atoms in total. The van der Waals surface area contributed by atoms with Crippen LogP contribution in [0.4, 0.5) is 0 Å². The van der Waals surface area contributed by atoms with E-state index >= 15 is 0 Å². The van der Waals surface area contributed by atoms with Gasteiger partial charge in [0.25, 0.3) is 0 Å². The molecule has 2 atom stereocenters. The van der Waals surface area contributed by atoms with E-state index in [0.717, 1.165) is 18.2 Å². The molecule has 2 unspecified atom stereocenters. The molecule has 0 fully saturated rings. The summed E-state index contributed by atoms with van der Waals surface area (Å²) in [4.78, 5) is 0. The van der Waals surface area contributed by atoms with E-state index in [-0.39, 0.29) is 0 Å². The molecule has 98 valence electrons. The van der Waals surface area contributed by atoms with Gasteiger partial charge in [-0.2, -0.15) is 5.10 Å². The molecular formula is C14H25BrN2. The minimum atomic E-state index is 0.323. The Bertz CT molecular complexity index is 338. The van der Waals surface area contributed by atoms with Crippen molar-refractivity contribution in [3.63, 3.8) is 0 Å². The van der Waals surface area contributed by atoms with Crippen LogP contribution in [0.1, 0.15) is 52.8 Å². The third kappa shape index (κ3) is 4.13. The molecule has 17 heavy (non-hydrogen) atoms. The van der Waals surface area contributed by atoms with Crippen LogP contribution in [0.2, 0.25) is 0 Å². The van der Waals surface area contributed by atoms with Crippen LogP contribution >= 0.6 is 15.9 Å². The number of nitrogens with zero attached hydrogens (tertiary/aromatic N) is 2. The van der Waals surface area contributed by atoms with Gasteiger partial charge < -0.3 is 0 Å². The van der Waals surface area contributed by atoms with Crippen molar-refractivity contribution < 1.29 is 0 Å². The molecule has 0 saturated carbocycles. The van der Waals surface area contributed by atoms with Crippen LogP contribution in [0.3, 0.4) is 0 Å². The average molecular weight is 301 g/mol. The third-order valence-corrected chi connectivity index (χ3v) is 4.35. The second kappa shape index (κ2) is 6.03. The lowest BCUT2D eigenvalue weighted by Gasteiger charge is -2.28. The van der Waals surface area contributed by atoms with Gasteiger partial charge in [-0.25, -0.2) is 0 Å². The van der Waals surface area contributed by atoms with E-state index in [4.69, 9.17) is 0 Å². The van der Waals surface area contributed by atoms with Crippen LogP contribution < -0.4 is 0 Å². The van der Waals surface area contributed by atoms with E-state index in [2.05, 4.69) is 72.6 Å². The molecule has 3 heteroatoms. The molecule has 0 radical (unpaired) electrons. The van der Waals surface area contributed by atoms with Crippen molar-refractivity contribution in [3.05, 3.63) is 18.0 Å². The minimum Gasteiger partial charge on any atom is -0.270 e. The fourth-order valence-electron chi connectivity index (χ4n) is 1.76. The zero-order chi connectivity index (χ0) is 13.1. The Morgan fingerprint density at radius 2 is 2.06 bits per heavy atom. The second-order valence-electron chi connectivity index (χ2n) is 5.97. The van der Waals surface area contributed by atoms with Crippen LogP contribution in [0.15, 0.2) is 12.3 Å². The van der Waals surface area contributed by atoms with Crippen LogP contribution in [0.5, 0.6) is 0 Å². The van der Waals surface area contributed by atoms with E-state index in [9.17, 15) is 0 Å². The summed E-state index contributed by atoms with van der Waals surface area (Å²) in [5.41, 5.74) is 1.54. The maximum absolute atomic E-state index is 4.68. The molecular weight excluding hydrogens is 276 g/mol. The molecule has 0 spiro atoms. The molecule has 1 aromatic rings. The number of alkyl halides is 1.